The van der Waals surface area contributed by atoms with Crippen LogP contribution in [0.15, 0.2) is 41.4 Å². The molecule has 2 amide bonds. The van der Waals surface area contributed by atoms with E-state index in [9.17, 15) is 9.59 Å². The van der Waals surface area contributed by atoms with Crippen LogP contribution in [-0.2, 0) is 11.3 Å². The quantitative estimate of drug-likeness (QED) is 0.755. The SMILES string of the molecule is O=C(NCCCC(=O)N1CCN(Cc2ccncc2)CC1)c1ccsc1. The molecule has 0 unspecified atom stereocenters. The number of nitrogens with zero attached hydrogens (tertiary/aromatic N) is 3. The lowest BCUT2D eigenvalue weighted by Crippen LogP contribution is -2.48. The monoisotopic (exact) mass is 372 g/mol. The summed E-state index contributed by atoms with van der Waals surface area (Å²) < 4.78 is 0. The van der Waals surface area contributed by atoms with Crippen molar-refractivity contribution in [1.82, 2.24) is 20.1 Å². The third-order valence-corrected chi connectivity index (χ3v) is 5.20. The molecule has 6 nitrogen and oxygen atoms in total. The van der Waals surface area contributed by atoms with Crippen LogP contribution < -0.4 is 5.32 Å². The Kier molecular flexibility index (Phi) is 6.74. The molecule has 1 aliphatic rings. The molecule has 1 N–H and O–H groups in total. The summed E-state index contributed by atoms with van der Waals surface area (Å²) in [5, 5.41) is 6.57. The van der Waals surface area contributed by atoms with E-state index in [0.717, 1.165) is 32.7 Å². The number of pyridine rings is 1. The molecule has 138 valence electrons. The van der Waals surface area contributed by atoms with E-state index >= 15 is 0 Å². The molecule has 0 bridgehead atoms. The van der Waals surface area contributed by atoms with Crippen molar-refractivity contribution in [3.05, 3.63) is 52.5 Å². The van der Waals surface area contributed by atoms with E-state index in [1.807, 2.05) is 40.2 Å². The first-order valence-electron chi connectivity index (χ1n) is 8.92. The van der Waals surface area contributed by atoms with Crippen LogP contribution in [0.2, 0.25) is 0 Å². The summed E-state index contributed by atoms with van der Waals surface area (Å²) in [5.41, 5.74) is 1.94. The number of carbonyl (C=O) groups is 2. The van der Waals surface area contributed by atoms with E-state index in [2.05, 4.69) is 15.2 Å². The highest BCUT2D eigenvalue weighted by atomic mass is 32.1. The molecule has 0 spiro atoms. The molecule has 0 radical (unpaired) electrons. The van der Waals surface area contributed by atoms with Gasteiger partial charge in [-0.25, -0.2) is 0 Å². The Morgan fingerprint density at radius 3 is 2.58 bits per heavy atom. The number of hydrogen-bond acceptors (Lipinski definition) is 5. The van der Waals surface area contributed by atoms with E-state index in [4.69, 9.17) is 0 Å². The van der Waals surface area contributed by atoms with Gasteiger partial charge in [0, 0.05) is 69.0 Å². The average molecular weight is 372 g/mol. The Bertz CT molecular complexity index is 698. The number of piperazine rings is 1. The highest BCUT2D eigenvalue weighted by Crippen LogP contribution is 2.09. The molecule has 2 aromatic heterocycles. The first-order chi connectivity index (χ1) is 12.7. The van der Waals surface area contributed by atoms with Crippen molar-refractivity contribution < 1.29 is 9.59 Å². The molecule has 1 fully saturated rings. The number of carbonyl (C=O) groups excluding carboxylic acids is 2. The topological polar surface area (TPSA) is 65.5 Å². The van der Waals surface area contributed by atoms with Gasteiger partial charge >= 0.3 is 0 Å². The summed E-state index contributed by atoms with van der Waals surface area (Å²) in [4.78, 5) is 32.5. The maximum atomic E-state index is 12.3. The zero-order valence-corrected chi connectivity index (χ0v) is 15.6. The van der Waals surface area contributed by atoms with Crippen molar-refractivity contribution in [2.75, 3.05) is 32.7 Å². The predicted octanol–water partition coefficient (Wildman–Crippen LogP) is 2.00. The summed E-state index contributed by atoms with van der Waals surface area (Å²) in [5.74, 6) is 0.113. The normalized spacial score (nSPS) is 15.0. The maximum Gasteiger partial charge on any atom is 0.252 e. The Labute approximate surface area is 157 Å². The number of aromatic nitrogens is 1. The first kappa shape index (κ1) is 18.5. The van der Waals surface area contributed by atoms with E-state index in [1.54, 1.807) is 6.07 Å². The molecule has 0 saturated carbocycles. The van der Waals surface area contributed by atoms with Crippen LogP contribution in [-0.4, -0.2) is 59.3 Å². The predicted molar refractivity (Wildman–Crippen MR) is 102 cm³/mol. The van der Waals surface area contributed by atoms with Crippen molar-refractivity contribution in [2.45, 2.75) is 19.4 Å². The van der Waals surface area contributed by atoms with Crippen LogP contribution in [0.3, 0.4) is 0 Å². The Morgan fingerprint density at radius 2 is 1.88 bits per heavy atom. The molecule has 7 heteroatoms. The third kappa shape index (κ3) is 5.37. The van der Waals surface area contributed by atoms with E-state index in [1.165, 1.54) is 16.9 Å². The van der Waals surface area contributed by atoms with Gasteiger partial charge in [-0.1, -0.05) is 0 Å². The van der Waals surface area contributed by atoms with Gasteiger partial charge in [-0.2, -0.15) is 11.3 Å². The van der Waals surface area contributed by atoms with Gasteiger partial charge in [0.05, 0.1) is 0 Å². The molecule has 0 aromatic carbocycles. The summed E-state index contributed by atoms with van der Waals surface area (Å²) in [7, 11) is 0. The lowest BCUT2D eigenvalue weighted by atomic mass is 10.2. The number of hydrogen-bond donors (Lipinski definition) is 1. The number of thiophene rings is 1. The van der Waals surface area contributed by atoms with Crippen molar-refractivity contribution in [3.8, 4) is 0 Å². The second kappa shape index (κ2) is 9.45. The highest BCUT2D eigenvalue weighted by Gasteiger charge is 2.20. The molecule has 1 aliphatic heterocycles. The zero-order valence-electron chi connectivity index (χ0n) is 14.8. The number of amides is 2. The fourth-order valence-electron chi connectivity index (χ4n) is 3.00. The van der Waals surface area contributed by atoms with Gasteiger partial charge in [0.2, 0.25) is 5.91 Å². The van der Waals surface area contributed by atoms with Crippen LogP contribution >= 0.6 is 11.3 Å². The van der Waals surface area contributed by atoms with Crippen LogP contribution in [0.25, 0.3) is 0 Å². The third-order valence-electron chi connectivity index (χ3n) is 4.52. The summed E-state index contributed by atoms with van der Waals surface area (Å²) in [6.07, 6.45) is 4.78. The first-order valence-corrected chi connectivity index (χ1v) is 9.86. The fraction of sp³-hybridized carbons (Fsp3) is 0.421. The largest absolute Gasteiger partial charge is 0.352 e. The molecule has 3 heterocycles. The van der Waals surface area contributed by atoms with Gasteiger partial charge in [0.1, 0.15) is 0 Å². The number of rotatable bonds is 7. The molecule has 26 heavy (non-hydrogen) atoms. The molecule has 0 aliphatic carbocycles. The minimum atomic E-state index is -0.0663. The highest BCUT2D eigenvalue weighted by molar-refractivity contribution is 7.08. The lowest BCUT2D eigenvalue weighted by molar-refractivity contribution is -0.133. The molecule has 1 saturated heterocycles. The second-order valence-corrected chi connectivity index (χ2v) is 7.16. The smallest absolute Gasteiger partial charge is 0.252 e. The minimum Gasteiger partial charge on any atom is -0.352 e. The molecule has 2 aromatic rings. The zero-order chi connectivity index (χ0) is 18.2. The summed E-state index contributed by atoms with van der Waals surface area (Å²) in [6.45, 7) is 4.75. The molecular formula is C19H24N4O2S. The van der Waals surface area contributed by atoms with E-state index in [0.29, 0.717) is 24.9 Å². The number of nitrogens with one attached hydrogen (secondary N) is 1. The van der Waals surface area contributed by atoms with Gasteiger partial charge in [0.15, 0.2) is 0 Å². The molecular weight excluding hydrogens is 348 g/mol. The Balaban J connectivity index is 1.31. The van der Waals surface area contributed by atoms with Crippen LogP contribution in [0.1, 0.15) is 28.8 Å². The van der Waals surface area contributed by atoms with E-state index in [-0.39, 0.29) is 11.8 Å². The Morgan fingerprint density at radius 1 is 1.12 bits per heavy atom. The van der Waals surface area contributed by atoms with Crippen molar-refractivity contribution in [2.24, 2.45) is 0 Å². The molecule has 3 rings (SSSR count). The van der Waals surface area contributed by atoms with Crippen LogP contribution in [0, 0.1) is 0 Å². The van der Waals surface area contributed by atoms with Crippen molar-refractivity contribution in [3.63, 3.8) is 0 Å². The summed E-state index contributed by atoms with van der Waals surface area (Å²) in [6, 6.07) is 5.86. The fourth-order valence-corrected chi connectivity index (χ4v) is 3.63. The lowest BCUT2D eigenvalue weighted by Gasteiger charge is -2.34. The van der Waals surface area contributed by atoms with Crippen LogP contribution in [0.4, 0.5) is 0 Å². The average Bonchev–Trinajstić information content (AvgIpc) is 3.21. The van der Waals surface area contributed by atoms with Gasteiger partial charge in [-0.15, -0.1) is 0 Å². The van der Waals surface area contributed by atoms with Crippen LogP contribution in [0.5, 0.6) is 0 Å². The molecule has 0 atom stereocenters. The van der Waals surface area contributed by atoms with Gasteiger partial charge in [0.25, 0.3) is 5.91 Å². The standard InChI is InChI=1S/C19H24N4O2S/c24-18(2-1-6-21-19(25)17-5-13-26-15-17)23-11-9-22(10-12-23)14-16-3-7-20-8-4-16/h3-5,7-8,13,15H,1-2,6,9-12,14H2,(H,21,25). The second-order valence-electron chi connectivity index (χ2n) is 6.38. The minimum absolute atomic E-state index is 0.0663. The Hall–Kier alpha value is -2.25. The maximum absolute atomic E-state index is 12.3. The van der Waals surface area contributed by atoms with Crippen molar-refractivity contribution in [1.29, 1.82) is 0 Å². The van der Waals surface area contributed by atoms with Gasteiger partial charge in [-0.3, -0.25) is 19.5 Å². The van der Waals surface area contributed by atoms with E-state index < -0.39 is 0 Å². The summed E-state index contributed by atoms with van der Waals surface area (Å²) >= 11 is 1.50. The van der Waals surface area contributed by atoms with Gasteiger partial charge < -0.3 is 10.2 Å². The van der Waals surface area contributed by atoms with Crippen molar-refractivity contribution >= 4 is 23.2 Å². The van der Waals surface area contributed by atoms with Gasteiger partial charge in [-0.05, 0) is 35.6 Å².